The molecule has 2 heteroatoms. The predicted molar refractivity (Wildman–Crippen MR) is 81.1 cm³/mol. The second kappa shape index (κ2) is 6.13. The van der Waals surface area contributed by atoms with Crippen molar-refractivity contribution < 1.29 is 0 Å². The Morgan fingerprint density at radius 1 is 0.895 bits per heavy atom. The maximum Gasteiger partial charge on any atom is 0.0113 e. The quantitative estimate of drug-likeness (QED) is 0.844. The standard InChI is InChI=1S/C17H32N2/c1-2-13-6-8-14(9-7-13)12-19-16-4-3-5-17(19)11-15(18)10-16/h13-17H,2-12,18H2,1H3. The predicted octanol–water partition coefficient (Wildman–Crippen LogP) is 3.55. The Bertz CT molecular complexity index is 269. The Morgan fingerprint density at radius 3 is 2.05 bits per heavy atom. The molecule has 2 unspecified atom stereocenters. The van der Waals surface area contributed by atoms with Crippen LogP contribution in [0.2, 0.25) is 0 Å². The van der Waals surface area contributed by atoms with Gasteiger partial charge in [-0.25, -0.2) is 0 Å². The maximum atomic E-state index is 6.23. The van der Waals surface area contributed by atoms with E-state index in [2.05, 4.69) is 11.8 Å². The molecule has 2 aliphatic heterocycles. The summed E-state index contributed by atoms with van der Waals surface area (Å²) in [6.07, 6.45) is 14.1. The van der Waals surface area contributed by atoms with Crippen LogP contribution in [-0.2, 0) is 0 Å². The Kier molecular flexibility index (Phi) is 4.48. The van der Waals surface area contributed by atoms with Crippen molar-refractivity contribution >= 4 is 0 Å². The average Bonchev–Trinajstić information content (AvgIpc) is 2.41. The highest BCUT2D eigenvalue weighted by Crippen LogP contribution is 2.37. The molecule has 0 aromatic rings. The number of fused-ring (bicyclic) bond motifs is 2. The van der Waals surface area contributed by atoms with Gasteiger partial charge in [0.05, 0.1) is 0 Å². The highest BCUT2D eigenvalue weighted by Gasteiger charge is 2.38. The minimum atomic E-state index is 0.488. The van der Waals surface area contributed by atoms with E-state index in [1.165, 1.54) is 70.8 Å². The van der Waals surface area contributed by atoms with E-state index in [0.717, 1.165) is 23.9 Å². The summed E-state index contributed by atoms with van der Waals surface area (Å²) in [6, 6.07) is 2.14. The molecular weight excluding hydrogens is 232 g/mol. The molecule has 0 radical (unpaired) electrons. The van der Waals surface area contributed by atoms with Gasteiger partial charge in [-0.2, -0.15) is 0 Å². The van der Waals surface area contributed by atoms with Crippen molar-refractivity contribution in [3.63, 3.8) is 0 Å². The highest BCUT2D eigenvalue weighted by atomic mass is 15.2. The van der Waals surface area contributed by atoms with E-state index in [0.29, 0.717) is 6.04 Å². The molecule has 2 heterocycles. The fraction of sp³-hybridized carbons (Fsp3) is 1.00. The Balaban J connectivity index is 1.54. The van der Waals surface area contributed by atoms with Crippen molar-refractivity contribution in [3.05, 3.63) is 0 Å². The van der Waals surface area contributed by atoms with Gasteiger partial charge in [0.25, 0.3) is 0 Å². The van der Waals surface area contributed by atoms with Gasteiger partial charge in [-0.1, -0.05) is 32.6 Å². The minimum absolute atomic E-state index is 0.488. The van der Waals surface area contributed by atoms with Gasteiger partial charge in [-0.15, -0.1) is 0 Å². The fourth-order valence-corrected chi connectivity index (χ4v) is 4.94. The van der Waals surface area contributed by atoms with Crippen LogP contribution in [0.25, 0.3) is 0 Å². The van der Waals surface area contributed by atoms with Gasteiger partial charge >= 0.3 is 0 Å². The largest absolute Gasteiger partial charge is 0.328 e. The van der Waals surface area contributed by atoms with Crippen LogP contribution in [0.1, 0.15) is 71.1 Å². The van der Waals surface area contributed by atoms with Crippen LogP contribution in [0.4, 0.5) is 0 Å². The summed E-state index contributed by atoms with van der Waals surface area (Å²) >= 11 is 0. The van der Waals surface area contributed by atoms with Gasteiger partial charge in [-0.05, 0) is 50.4 Å². The molecule has 2 N–H and O–H groups in total. The van der Waals surface area contributed by atoms with Gasteiger partial charge in [-0.3, -0.25) is 4.90 Å². The van der Waals surface area contributed by atoms with Gasteiger partial charge in [0.15, 0.2) is 0 Å². The first kappa shape index (κ1) is 13.9. The number of nitrogens with two attached hydrogens (primary N) is 1. The molecule has 110 valence electrons. The molecule has 1 saturated carbocycles. The second-order valence-electron chi connectivity index (χ2n) is 7.46. The zero-order valence-corrected chi connectivity index (χ0v) is 12.7. The topological polar surface area (TPSA) is 29.3 Å². The van der Waals surface area contributed by atoms with Gasteiger partial charge in [0.1, 0.15) is 0 Å². The molecule has 3 rings (SSSR count). The van der Waals surface area contributed by atoms with Crippen molar-refractivity contribution in [3.8, 4) is 0 Å². The fourth-order valence-electron chi connectivity index (χ4n) is 4.94. The van der Waals surface area contributed by atoms with E-state index in [-0.39, 0.29) is 0 Å². The molecule has 0 amide bonds. The Morgan fingerprint density at radius 2 is 1.47 bits per heavy atom. The second-order valence-corrected chi connectivity index (χ2v) is 7.46. The lowest BCUT2D eigenvalue weighted by molar-refractivity contribution is 0.0116. The zero-order valence-electron chi connectivity index (χ0n) is 12.7. The molecule has 2 saturated heterocycles. The third kappa shape index (κ3) is 3.16. The summed E-state index contributed by atoms with van der Waals surface area (Å²) in [4.78, 5) is 2.88. The summed E-state index contributed by atoms with van der Waals surface area (Å²) in [6.45, 7) is 3.75. The lowest BCUT2D eigenvalue weighted by atomic mass is 9.77. The summed E-state index contributed by atoms with van der Waals surface area (Å²) < 4.78 is 0. The van der Waals surface area contributed by atoms with Crippen molar-refractivity contribution in [2.45, 2.75) is 89.3 Å². The van der Waals surface area contributed by atoms with Crippen LogP contribution in [0, 0.1) is 11.8 Å². The third-order valence-corrected chi connectivity index (χ3v) is 6.18. The van der Waals surface area contributed by atoms with Crippen LogP contribution >= 0.6 is 0 Å². The van der Waals surface area contributed by atoms with E-state index in [9.17, 15) is 0 Å². The first-order chi connectivity index (χ1) is 9.26. The van der Waals surface area contributed by atoms with Crippen LogP contribution in [0.5, 0.6) is 0 Å². The van der Waals surface area contributed by atoms with Crippen molar-refractivity contribution in [2.24, 2.45) is 17.6 Å². The molecule has 2 nitrogen and oxygen atoms in total. The first-order valence-electron chi connectivity index (χ1n) is 8.77. The van der Waals surface area contributed by atoms with E-state index >= 15 is 0 Å². The molecule has 2 bridgehead atoms. The third-order valence-electron chi connectivity index (χ3n) is 6.18. The SMILES string of the molecule is CCC1CCC(CN2C3CCCC2CC(N)C3)CC1. The van der Waals surface area contributed by atoms with Crippen LogP contribution < -0.4 is 5.73 Å². The smallest absolute Gasteiger partial charge is 0.0113 e. The zero-order chi connectivity index (χ0) is 13.2. The van der Waals surface area contributed by atoms with Crippen LogP contribution in [0.15, 0.2) is 0 Å². The normalized spacial score (nSPS) is 44.2. The van der Waals surface area contributed by atoms with E-state index in [1.807, 2.05) is 0 Å². The number of rotatable bonds is 3. The molecule has 3 fully saturated rings. The van der Waals surface area contributed by atoms with Gasteiger partial charge < -0.3 is 5.73 Å². The molecule has 0 aromatic carbocycles. The van der Waals surface area contributed by atoms with E-state index in [4.69, 9.17) is 5.73 Å². The monoisotopic (exact) mass is 264 g/mol. The van der Waals surface area contributed by atoms with E-state index < -0.39 is 0 Å². The number of hydrogen-bond donors (Lipinski definition) is 1. The minimum Gasteiger partial charge on any atom is -0.328 e. The summed E-state index contributed by atoms with van der Waals surface area (Å²) in [5, 5.41) is 0. The maximum absolute atomic E-state index is 6.23. The molecule has 0 spiro atoms. The Hall–Kier alpha value is -0.0800. The van der Waals surface area contributed by atoms with Gasteiger partial charge in [0.2, 0.25) is 0 Å². The lowest BCUT2D eigenvalue weighted by Gasteiger charge is -2.50. The molecule has 19 heavy (non-hydrogen) atoms. The van der Waals surface area contributed by atoms with Crippen LogP contribution in [0.3, 0.4) is 0 Å². The van der Waals surface area contributed by atoms with Gasteiger partial charge in [0, 0.05) is 24.7 Å². The lowest BCUT2D eigenvalue weighted by Crippen LogP contribution is -2.56. The van der Waals surface area contributed by atoms with Crippen molar-refractivity contribution in [2.75, 3.05) is 6.54 Å². The number of piperidine rings is 2. The highest BCUT2D eigenvalue weighted by molar-refractivity contribution is 4.94. The molecule has 1 aliphatic carbocycles. The number of nitrogens with zero attached hydrogens (tertiary/aromatic N) is 1. The number of hydrogen-bond acceptors (Lipinski definition) is 2. The first-order valence-corrected chi connectivity index (χ1v) is 8.77. The molecule has 3 aliphatic rings. The van der Waals surface area contributed by atoms with Crippen LogP contribution in [-0.4, -0.2) is 29.6 Å². The van der Waals surface area contributed by atoms with E-state index in [1.54, 1.807) is 0 Å². The molecule has 0 aromatic heterocycles. The Labute approximate surface area is 119 Å². The summed E-state index contributed by atoms with van der Waals surface area (Å²) in [7, 11) is 0. The molecular formula is C17H32N2. The van der Waals surface area contributed by atoms with Crippen molar-refractivity contribution in [1.82, 2.24) is 4.90 Å². The summed E-state index contributed by atoms with van der Waals surface area (Å²) in [5.41, 5.74) is 6.23. The van der Waals surface area contributed by atoms with Crippen molar-refractivity contribution in [1.29, 1.82) is 0 Å². The summed E-state index contributed by atoms with van der Waals surface area (Å²) in [5.74, 6) is 2.02. The average molecular weight is 264 g/mol. The molecule has 2 atom stereocenters.